The molecule has 0 N–H and O–H groups in total. The molecule has 1 atom stereocenters. The van der Waals surface area contributed by atoms with Gasteiger partial charge in [-0.1, -0.05) is 6.58 Å². The molecule has 1 aliphatic rings. The molecule has 9 heteroatoms. The Balaban J connectivity index is 1.48. The molecule has 0 bridgehead atoms. The van der Waals surface area contributed by atoms with Crippen LogP contribution in [0.15, 0.2) is 48.2 Å². The lowest BCUT2D eigenvalue weighted by Crippen LogP contribution is -2.28. The first-order valence-corrected chi connectivity index (χ1v) is 8.33. The van der Waals surface area contributed by atoms with Crippen LogP contribution in [-0.2, 0) is 4.79 Å². The van der Waals surface area contributed by atoms with E-state index in [-0.39, 0.29) is 17.6 Å². The van der Waals surface area contributed by atoms with Gasteiger partial charge < -0.3 is 4.74 Å². The number of hydrogen-bond acceptors (Lipinski definition) is 8. The third-order valence-electron chi connectivity index (χ3n) is 3.88. The van der Waals surface area contributed by atoms with Crippen molar-refractivity contribution in [1.29, 1.82) is 5.26 Å². The molecule has 1 amide bonds. The van der Waals surface area contributed by atoms with E-state index in [1.165, 1.54) is 17.4 Å². The van der Waals surface area contributed by atoms with Crippen molar-refractivity contribution in [3.63, 3.8) is 0 Å². The molecule has 9 nitrogen and oxygen atoms in total. The number of nitrogens with zero attached hydrogens (tertiary/aromatic N) is 7. The highest BCUT2D eigenvalue weighted by Crippen LogP contribution is 2.28. The molecule has 0 saturated heterocycles. The van der Waals surface area contributed by atoms with Gasteiger partial charge >= 0.3 is 0 Å². The Bertz CT molecular complexity index is 875. The average Bonchev–Trinajstić information content (AvgIpc) is 3.21. The van der Waals surface area contributed by atoms with Crippen molar-refractivity contribution >= 4 is 12.1 Å². The minimum absolute atomic E-state index is 0.227. The fourth-order valence-corrected chi connectivity index (χ4v) is 2.52. The monoisotopic (exact) mass is 363 g/mol. The van der Waals surface area contributed by atoms with E-state index in [0.717, 1.165) is 0 Å². The van der Waals surface area contributed by atoms with Crippen LogP contribution in [0.5, 0.6) is 5.88 Å². The molecule has 0 saturated carbocycles. The summed E-state index contributed by atoms with van der Waals surface area (Å²) in [6, 6.07) is 1.63. The maximum atomic E-state index is 12.6. The Morgan fingerprint density at radius 2 is 2.19 bits per heavy atom. The summed E-state index contributed by atoms with van der Waals surface area (Å²) in [7, 11) is 0. The summed E-state index contributed by atoms with van der Waals surface area (Å²) in [6.45, 7) is 4.22. The summed E-state index contributed by atoms with van der Waals surface area (Å²) in [4.78, 5) is 28.8. The molecular formula is C18H17N7O2. The zero-order valence-electron chi connectivity index (χ0n) is 14.5. The fraction of sp³-hybridized carbons (Fsp3) is 0.278. The van der Waals surface area contributed by atoms with Crippen molar-refractivity contribution in [1.82, 2.24) is 24.9 Å². The van der Waals surface area contributed by atoms with E-state index in [1.54, 1.807) is 24.8 Å². The van der Waals surface area contributed by atoms with Crippen LogP contribution in [0.2, 0.25) is 0 Å². The van der Waals surface area contributed by atoms with E-state index in [4.69, 9.17) is 10.00 Å². The van der Waals surface area contributed by atoms with Gasteiger partial charge in [0.2, 0.25) is 5.88 Å². The van der Waals surface area contributed by atoms with Crippen LogP contribution in [0.4, 0.5) is 0 Å². The average molecular weight is 363 g/mol. The molecule has 0 aromatic carbocycles. The third kappa shape index (κ3) is 4.49. The lowest BCUT2D eigenvalue weighted by atomic mass is 10.1. The highest BCUT2D eigenvalue weighted by atomic mass is 16.5. The quantitative estimate of drug-likeness (QED) is 0.544. The minimum Gasteiger partial charge on any atom is -0.477 e. The van der Waals surface area contributed by atoms with E-state index in [1.807, 2.05) is 6.07 Å². The first-order chi connectivity index (χ1) is 13.2. The number of hydrogen-bond donors (Lipinski definition) is 0. The van der Waals surface area contributed by atoms with Crippen LogP contribution >= 0.6 is 0 Å². The first kappa shape index (κ1) is 18.1. The van der Waals surface area contributed by atoms with Crippen molar-refractivity contribution in [2.75, 3.05) is 6.61 Å². The highest BCUT2D eigenvalue weighted by molar-refractivity contribution is 5.94. The number of amides is 1. The van der Waals surface area contributed by atoms with Gasteiger partial charge in [0.15, 0.2) is 5.69 Å². The molecule has 136 valence electrons. The van der Waals surface area contributed by atoms with Gasteiger partial charge in [0.25, 0.3) is 5.91 Å². The van der Waals surface area contributed by atoms with Gasteiger partial charge in [0, 0.05) is 30.6 Å². The SMILES string of the molecule is C=C(CCCOc1cnc(C#N)cn1)C(=O)N1N=CCC1c1cnccn1. The van der Waals surface area contributed by atoms with Crippen molar-refractivity contribution in [3.05, 3.63) is 54.5 Å². The number of hydrazone groups is 1. The molecule has 2 aromatic rings. The number of nitriles is 1. The molecule has 27 heavy (non-hydrogen) atoms. The van der Waals surface area contributed by atoms with E-state index in [2.05, 4.69) is 31.6 Å². The van der Waals surface area contributed by atoms with E-state index < -0.39 is 0 Å². The van der Waals surface area contributed by atoms with Gasteiger partial charge in [0.05, 0.1) is 30.9 Å². The van der Waals surface area contributed by atoms with Gasteiger partial charge in [0.1, 0.15) is 12.1 Å². The third-order valence-corrected chi connectivity index (χ3v) is 3.88. The van der Waals surface area contributed by atoms with Crippen LogP contribution in [0.25, 0.3) is 0 Å². The van der Waals surface area contributed by atoms with Gasteiger partial charge in [-0.05, 0) is 12.8 Å². The minimum atomic E-state index is -0.256. The lowest BCUT2D eigenvalue weighted by Gasteiger charge is -2.22. The number of aromatic nitrogens is 4. The standard InChI is InChI=1S/C18H17N7O2/c1-13(3-2-8-27-17-12-22-14(9-19)10-23-17)18(26)25-16(4-5-24-25)15-11-20-6-7-21-15/h5-7,10-12,16H,1-4,8H2. The predicted molar refractivity (Wildman–Crippen MR) is 95.3 cm³/mol. The summed E-state index contributed by atoms with van der Waals surface area (Å²) < 4.78 is 5.45. The number of rotatable bonds is 7. The van der Waals surface area contributed by atoms with Gasteiger partial charge in [-0.15, -0.1) is 0 Å². The van der Waals surface area contributed by atoms with Crippen LogP contribution in [0.1, 0.15) is 36.7 Å². The lowest BCUT2D eigenvalue weighted by molar-refractivity contribution is -0.129. The van der Waals surface area contributed by atoms with E-state index in [9.17, 15) is 4.79 Å². The molecule has 1 aliphatic heterocycles. The van der Waals surface area contributed by atoms with Crippen LogP contribution in [0.3, 0.4) is 0 Å². The fourth-order valence-electron chi connectivity index (χ4n) is 2.52. The second-order valence-electron chi connectivity index (χ2n) is 5.74. The van der Waals surface area contributed by atoms with Crippen LogP contribution < -0.4 is 4.74 Å². The molecule has 3 rings (SSSR count). The maximum Gasteiger partial charge on any atom is 0.269 e. The largest absolute Gasteiger partial charge is 0.477 e. The molecule has 0 fully saturated rings. The Morgan fingerprint density at radius 1 is 1.30 bits per heavy atom. The summed E-state index contributed by atoms with van der Waals surface area (Å²) in [5.41, 5.74) is 1.36. The van der Waals surface area contributed by atoms with Crippen LogP contribution in [0, 0.1) is 11.3 Å². The predicted octanol–water partition coefficient (Wildman–Crippen LogP) is 1.81. The molecule has 1 unspecified atom stereocenters. The summed E-state index contributed by atoms with van der Waals surface area (Å²) in [6.07, 6.45) is 10.9. The molecule has 0 radical (unpaired) electrons. The Hall–Kier alpha value is -3.67. The molecular weight excluding hydrogens is 346 g/mol. The van der Waals surface area contributed by atoms with Crippen molar-refractivity contribution in [2.24, 2.45) is 5.10 Å². The van der Waals surface area contributed by atoms with Gasteiger partial charge in [-0.2, -0.15) is 10.4 Å². The second kappa shape index (κ2) is 8.62. The molecule has 2 aromatic heterocycles. The second-order valence-corrected chi connectivity index (χ2v) is 5.74. The highest BCUT2D eigenvalue weighted by Gasteiger charge is 2.30. The first-order valence-electron chi connectivity index (χ1n) is 8.33. The number of ether oxygens (including phenoxy) is 1. The van der Waals surface area contributed by atoms with Crippen molar-refractivity contribution in [2.45, 2.75) is 25.3 Å². The normalized spacial score (nSPS) is 15.4. The Kier molecular flexibility index (Phi) is 5.79. The van der Waals surface area contributed by atoms with Crippen molar-refractivity contribution < 1.29 is 9.53 Å². The van der Waals surface area contributed by atoms with E-state index in [0.29, 0.717) is 43.0 Å². The summed E-state index contributed by atoms with van der Waals surface area (Å²) in [5.74, 6) is 0.0929. The van der Waals surface area contributed by atoms with Gasteiger partial charge in [-0.25, -0.2) is 15.0 Å². The molecule has 0 aliphatic carbocycles. The summed E-state index contributed by atoms with van der Waals surface area (Å²) >= 11 is 0. The maximum absolute atomic E-state index is 12.6. The molecule has 3 heterocycles. The smallest absolute Gasteiger partial charge is 0.269 e. The van der Waals surface area contributed by atoms with E-state index >= 15 is 0 Å². The summed E-state index contributed by atoms with van der Waals surface area (Å²) in [5, 5.41) is 14.2. The van der Waals surface area contributed by atoms with Crippen molar-refractivity contribution in [3.8, 4) is 11.9 Å². The van der Waals surface area contributed by atoms with Crippen LogP contribution in [-0.4, -0.2) is 43.7 Å². The van der Waals surface area contributed by atoms with Gasteiger partial charge in [-0.3, -0.25) is 14.8 Å². The Morgan fingerprint density at radius 3 is 2.89 bits per heavy atom. The topological polar surface area (TPSA) is 117 Å². The number of carbonyl (C=O) groups is 1. The molecule has 0 spiro atoms. The zero-order valence-corrected chi connectivity index (χ0v) is 14.5. The zero-order chi connectivity index (χ0) is 19.1. The Labute approximate surface area is 156 Å². The number of carbonyl (C=O) groups excluding carboxylic acids is 1.